The van der Waals surface area contributed by atoms with E-state index >= 15 is 8.78 Å². The zero-order valence-corrected chi connectivity index (χ0v) is 35.3. The molecule has 0 aliphatic carbocycles. The minimum atomic E-state index is -2.44. The average Bonchev–Trinajstić information content (AvgIpc) is 3.66. The highest BCUT2D eigenvalue weighted by Gasteiger charge is 2.50. The Morgan fingerprint density at radius 2 is 1.79 bits per heavy atom. The summed E-state index contributed by atoms with van der Waals surface area (Å²) >= 11 is 0. The minimum Gasteiger partial charge on any atom is -0.543 e. The van der Waals surface area contributed by atoms with Crippen LogP contribution in [0.1, 0.15) is 86.6 Å². The van der Waals surface area contributed by atoms with Gasteiger partial charge in [0.25, 0.3) is 8.32 Å². The van der Waals surface area contributed by atoms with Gasteiger partial charge in [0.1, 0.15) is 40.8 Å². The van der Waals surface area contributed by atoms with E-state index in [1.54, 1.807) is 19.2 Å². The van der Waals surface area contributed by atoms with Crippen molar-refractivity contribution in [3.8, 4) is 23.0 Å². The SMILES string of the molecule is CCc1c(F)ccc2cc(O[Si](C(C)C)(C(C)C)C(C)C)cc(-c3ncc4c(N5CCOCC(C)(O)C5)nc(OC[C@@]56CCCN5[C@H](CO)CC6)nc4c3F)c12. The first-order valence-corrected chi connectivity index (χ1v) is 22.6. The van der Waals surface area contributed by atoms with Crippen LogP contribution in [0, 0.1) is 11.6 Å². The molecular weight excluding hydrogens is 733 g/mol. The average molecular weight is 792 g/mol. The van der Waals surface area contributed by atoms with Gasteiger partial charge in [-0.1, -0.05) is 54.5 Å². The molecule has 2 aromatic carbocycles. The van der Waals surface area contributed by atoms with Crippen molar-refractivity contribution >= 4 is 35.8 Å². The summed E-state index contributed by atoms with van der Waals surface area (Å²) in [7, 11) is -2.44. The molecule has 3 saturated heterocycles. The van der Waals surface area contributed by atoms with Gasteiger partial charge in [-0.25, -0.2) is 8.78 Å². The second-order valence-electron chi connectivity index (χ2n) is 17.5. The molecule has 10 nitrogen and oxygen atoms in total. The second kappa shape index (κ2) is 15.7. The third-order valence-corrected chi connectivity index (χ3v) is 18.9. The van der Waals surface area contributed by atoms with Crippen LogP contribution in [0.25, 0.3) is 32.9 Å². The van der Waals surface area contributed by atoms with E-state index in [-0.39, 0.29) is 54.4 Å². The van der Waals surface area contributed by atoms with Gasteiger partial charge < -0.3 is 29.0 Å². The van der Waals surface area contributed by atoms with Crippen LogP contribution in [0.3, 0.4) is 0 Å². The Morgan fingerprint density at radius 3 is 2.48 bits per heavy atom. The van der Waals surface area contributed by atoms with Gasteiger partial charge in [0.05, 0.1) is 37.3 Å². The van der Waals surface area contributed by atoms with E-state index in [0.29, 0.717) is 76.3 Å². The Kier molecular flexibility index (Phi) is 11.4. The number of aliphatic hydroxyl groups excluding tert-OH is 1. The Labute approximate surface area is 330 Å². The number of aromatic nitrogens is 3. The third kappa shape index (κ3) is 7.16. The van der Waals surface area contributed by atoms with Crippen LogP contribution in [-0.4, -0.2) is 102 Å². The molecule has 2 aromatic heterocycles. The zero-order chi connectivity index (χ0) is 40.2. The highest BCUT2D eigenvalue weighted by atomic mass is 28.4. The number of anilines is 1. The molecule has 3 aliphatic rings. The molecule has 0 amide bonds. The molecule has 1 unspecified atom stereocenters. The van der Waals surface area contributed by atoms with Gasteiger partial charge in [-0.2, -0.15) is 9.97 Å². The van der Waals surface area contributed by atoms with Gasteiger partial charge in [-0.15, -0.1) is 0 Å². The number of hydrogen-bond donors (Lipinski definition) is 2. The van der Waals surface area contributed by atoms with Crippen LogP contribution in [0.15, 0.2) is 30.5 Å². The first-order valence-electron chi connectivity index (χ1n) is 20.5. The lowest BCUT2D eigenvalue weighted by atomic mass is 9.94. The molecule has 3 aliphatic heterocycles. The first kappa shape index (κ1) is 40.7. The molecule has 3 atom stereocenters. The number of nitrogens with zero attached hydrogens (tertiary/aromatic N) is 5. The fraction of sp³-hybridized carbons (Fsp3) is 0.605. The number of aryl methyl sites for hydroxylation is 1. The Morgan fingerprint density at radius 1 is 1.04 bits per heavy atom. The van der Waals surface area contributed by atoms with Crippen molar-refractivity contribution in [2.24, 2.45) is 0 Å². The van der Waals surface area contributed by atoms with Gasteiger partial charge in [0.15, 0.2) is 5.82 Å². The van der Waals surface area contributed by atoms with E-state index in [1.165, 1.54) is 6.07 Å². The lowest BCUT2D eigenvalue weighted by Gasteiger charge is -2.42. The number of halogens is 2. The number of fused-ring (bicyclic) bond motifs is 3. The van der Waals surface area contributed by atoms with Gasteiger partial charge >= 0.3 is 6.01 Å². The number of benzene rings is 2. The summed E-state index contributed by atoms with van der Waals surface area (Å²) in [5.74, 6) is -0.0427. The standard InChI is InChI=1S/C43H59F2N5O5Si/c1-9-32-35(44)12-11-29-19-31(55-56(26(2)3,27(4)5)28(6)7)20-33(36(29)32)38-37(45)39-34(21-46-38)40(49-17-18-53-24-42(8,52)23-49)48-41(47-39)54-25-43-14-10-16-50(43)30(22-51)13-15-43/h11-12,19-21,26-28,30,51-52H,9-10,13-18,22-25H2,1-8H3/t30-,42?,43-/m0/s1. The summed E-state index contributed by atoms with van der Waals surface area (Å²) in [4.78, 5) is 18.6. The Hall–Kier alpha value is -3.49. The number of ether oxygens (including phenoxy) is 2. The van der Waals surface area contributed by atoms with Crippen LogP contribution in [0.5, 0.6) is 11.8 Å². The maximum Gasteiger partial charge on any atom is 0.319 e. The molecule has 0 bridgehead atoms. The largest absolute Gasteiger partial charge is 0.543 e. The smallest absolute Gasteiger partial charge is 0.319 e. The van der Waals surface area contributed by atoms with Crippen LogP contribution >= 0.6 is 0 Å². The fourth-order valence-corrected chi connectivity index (χ4v) is 15.6. The maximum absolute atomic E-state index is 17.6. The summed E-state index contributed by atoms with van der Waals surface area (Å²) in [6.07, 6.45) is 5.66. The molecule has 0 saturated carbocycles. The normalized spacial score (nSPS) is 23.6. The van der Waals surface area contributed by atoms with Crippen molar-refractivity contribution in [1.29, 1.82) is 0 Å². The molecule has 304 valence electrons. The number of aliphatic hydroxyl groups is 2. The van der Waals surface area contributed by atoms with Crippen LogP contribution in [0.2, 0.25) is 16.6 Å². The summed E-state index contributed by atoms with van der Waals surface area (Å²) in [5, 5.41) is 22.9. The molecule has 13 heteroatoms. The van der Waals surface area contributed by atoms with Gasteiger partial charge in [0.2, 0.25) is 0 Å². The summed E-state index contributed by atoms with van der Waals surface area (Å²) < 4.78 is 52.5. The van der Waals surface area contributed by atoms with E-state index < -0.39 is 19.7 Å². The number of hydrogen-bond acceptors (Lipinski definition) is 10. The highest BCUT2D eigenvalue weighted by molar-refractivity contribution is 6.78. The van der Waals surface area contributed by atoms with Gasteiger partial charge in [-0.3, -0.25) is 9.88 Å². The highest BCUT2D eigenvalue weighted by Crippen LogP contribution is 2.46. The number of pyridine rings is 1. The zero-order valence-electron chi connectivity index (χ0n) is 34.3. The molecule has 56 heavy (non-hydrogen) atoms. The first-order chi connectivity index (χ1) is 26.6. The number of rotatable bonds is 12. The van der Waals surface area contributed by atoms with Crippen molar-refractivity contribution in [2.45, 2.75) is 121 Å². The fourth-order valence-electron chi connectivity index (χ4n) is 10.3. The van der Waals surface area contributed by atoms with Crippen molar-refractivity contribution in [3.63, 3.8) is 0 Å². The molecule has 3 fully saturated rings. The lowest BCUT2D eigenvalue weighted by molar-refractivity contribution is -0.0123. The Balaban J connectivity index is 1.41. The van der Waals surface area contributed by atoms with Crippen molar-refractivity contribution in [2.75, 3.05) is 51.0 Å². The van der Waals surface area contributed by atoms with E-state index in [2.05, 4.69) is 46.4 Å². The predicted octanol–water partition coefficient (Wildman–Crippen LogP) is 8.20. The van der Waals surface area contributed by atoms with Crippen molar-refractivity contribution < 1.29 is 32.9 Å². The number of β-amino-alcohol motifs (C(OH)–C–C–N with tert-alkyl or cyclic N) is 1. The van der Waals surface area contributed by atoms with Gasteiger partial charge in [-0.05, 0) is 96.7 Å². The quantitative estimate of drug-likeness (QED) is 0.136. The van der Waals surface area contributed by atoms with Gasteiger partial charge in [0, 0.05) is 24.3 Å². The Bertz CT molecular complexity index is 2060. The van der Waals surface area contributed by atoms with Crippen LogP contribution < -0.4 is 14.1 Å². The monoisotopic (exact) mass is 791 g/mol. The molecule has 2 N–H and O–H groups in total. The van der Waals surface area contributed by atoms with E-state index in [9.17, 15) is 10.2 Å². The third-order valence-electron chi connectivity index (χ3n) is 12.9. The molecule has 4 aromatic rings. The molecule has 0 radical (unpaired) electrons. The van der Waals surface area contributed by atoms with Crippen molar-refractivity contribution in [1.82, 2.24) is 19.9 Å². The lowest BCUT2D eigenvalue weighted by Crippen LogP contribution is -2.50. The van der Waals surface area contributed by atoms with E-state index in [4.69, 9.17) is 28.9 Å². The van der Waals surface area contributed by atoms with Crippen molar-refractivity contribution in [3.05, 3.63) is 47.7 Å². The van der Waals surface area contributed by atoms with E-state index in [1.807, 2.05) is 24.0 Å². The maximum atomic E-state index is 17.6. The molecular formula is C43H59F2N5O5Si. The molecule has 5 heterocycles. The topological polar surface area (TPSA) is 113 Å². The molecule has 7 rings (SSSR count). The summed E-state index contributed by atoms with van der Waals surface area (Å²) in [5.41, 5.74) is 0.403. The minimum absolute atomic E-state index is 0.0180. The van der Waals surface area contributed by atoms with Crippen LogP contribution in [0.4, 0.5) is 14.6 Å². The molecule has 0 spiro atoms. The summed E-state index contributed by atoms with van der Waals surface area (Å²) in [6, 6.07) is 7.10. The van der Waals surface area contributed by atoms with E-state index in [0.717, 1.165) is 37.6 Å². The van der Waals surface area contributed by atoms with Crippen LogP contribution in [-0.2, 0) is 11.2 Å². The second-order valence-corrected chi connectivity index (χ2v) is 22.9. The summed E-state index contributed by atoms with van der Waals surface area (Å²) in [6.45, 7) is 19.3. The predicted molar refractivity (Wildman–Crippen MR) is 219 cm³/mol.